The number of rotatable bonds is 12. The van der Waals surface area contributed by atoms with Crippen LogP contribution in [0.25, 0.3) is 77.2 Å². The second kappa shape index (κ2) is 25.7. The van der Waals surface area contributed by atoms with Crippen LogP contribution >= 0.6 is 17.0 Å². The Bertz CT molecular complexity index is 3020. The second-order valence-electron chi connectivity index (χ2n) is 17.9. The minimum atomic E-state index is -0.826. The molecule has 0 fully saturated rings. The third kappa shape index (κ3) is 12.0. The number of fused-ring (bicyclic) bond motifs is 5. The molecule has 0 aromatic heterocycles. The van der Waals surface area contributed by atoms with Crippen LogP contribution in [0.3, 0.4) is 0 Å². The topological polar surface area (TPSA) is 0 Å². The minimum Gasteiger partial charge on any atom is -0.184 e. The monoisotopic (exact) mass is 1040 g/mol. The quantitative estimate of drug-likeness (QED) is 0.0845. The average Bonchev–Trinajstić information content (AvgIpc) is 4.15. The molecule has 0 saturated heterocycles. The van der Waals surface area contributed by atoms with E-state index in [1.165, 1.54) is 148 Å². The third-order valence-corrected chi connectivity index (χ3v) is 14.7. The normalized spacial score (nSPS) is 11.1. The molecule has 1 heterocycles. The Balaban J connectivity index is 0.000000144. The summed E-state index contributed by atoms with van der Waals surface area (Å²) in [6.45, 7) is 9.05. The molecule has 0 saturated carbocycles. The van der Waals surface area contributed by atoms with Crippen LogP contribution in [0.5, 0.6) is 0 Å². The minimum absolute atomic E-state index is 0.795. The van der Waals surface area contributed by atoms with Gasteiger partial charge >= 0.3 is 37.9 Å². The van der Waals surface area contributed by atoms with Crippen LogP contribution in [-0.2, 0) is 46.5 Å². The zero-order valence-corrected chi connectivity index (χ0v) is 45.9. The summed E-state index contributed by atoms with van der Waals surface area (Å²) in [7, 11) is 10.7. The zero-order valence-electron chi connectivity index (χ0n) is 41.0. The largest absolute Gasteiger partial charge is 0.184 e. The SMILES string of the molecule is CCCCc1cc2c(-c3ccccc3-c3ccccc3)c(CC)ccc2[cH-]1.CCCCc1cc2c(-c3ccccc3-c3ccccc3)c(CC)ccc2[cH-]1.[Cl][Zr][Cl].[c-]1cccc2c1[Si]c1ccccc1-2. The van der Waals surface area contributed by atoms with Crippen LogP contribution in [0.1, 0.15) is 75.6 Å². The molecule has 0 amide bonds. The predicted octanol–water partition coefficient (Wildman–Crippen LogP) is 18.1. The smallest absolute Gasteiger partial charge is 0.0920 e. The number of unbranched alkanes of at least 4 members (excludes halogenated alkanes) is 2. The standard InChI is InChI=1S/2C27H27.C12H7Si.2ClH.Zr/c2*1-3-5-11-20-18-23-17-16-21(4-2)27(26(23)19-20)25-15-10-9-14-24(25)22-12-7-6-8-13-22;1-3-7-11-9(5-1)10-6-2-4-8-12(10)13-11;;;/h2*6-10,12-19H,3-5,11H2,1-2H3;1-7H;2*1H;/q3*-1;;;+2/p-2. The van der Waals surface area contributed by atoms with E-state index < -0.39 is 20.8 Å². The van der Waals surface area contributed by atoms with Gasteiger partial charge in [-0.3, -0.25) is 0 Å². The van der Waals surface area contributed by atoms with Gasteiger partial charge in [0.15, 0.2) is 0 Å². The van der Waals surface area contributed by atoms with Crippen LogP contribution in [-0.4, -0.2) is 9.52 Å². The fraction of sp³-hybridized carbons (Fsp3) is 0.182. The van der Waals surface area contributed by atoms with Crippen molar-refractivity contribution in [2.24, 2.45) is 0 Å². The fourth-order valence-corrected chi connectivity index (χ4v) is 11.2. The Morgan fingerprint density at radius 3 is 1.33 bits per heavy atom. The molecule has 0 N–H and O–H groups in total. The van der Waals surface area contributed by atoms with Gasteiger partial charge in [0.1, 0.15) is 0 Å². The molecule has 10 aromatic carbocycles. The van der Waals surface area contributed by atoms with Crippen molar-refractivity contribution in [3.8, 4) is 55.6 Å². The summed E-state index contributed by atoms with van der Waals surface area (Å²) >= 11 is -0.826. The summed E-state index contributed by atoms with van der Waals surface area (Å²) in [5.74, 6) is 0. The van der Waals surface area contributed by atoms with Crippen molar-refractivity contribution in [2.45, 2.75) is 79.1 Å². The van der Waals surface area contributed by atoms with Gasteiger partial charge in [-0.2, -0.15) is 41.6 Å². The average molecular weight is 1040 g/mol. The van der Waals surface area contributed by atoms with Crippen molar-refractivity contribution in [2.75, 3.05) is 0 Å². The van der Waals surface area contributed by atoms with E-state index in [-0.39, 0.29) is 0 Å². The van der Waals surface area contributed by atoms with Crippen LogP contribution in [0, 0.1) is 6.07 Å². The summed E-state index contributed by atoms with van der Waals surface area (Å²) in [6.07, 6.45) is 9.43. The first-order chi connectivity index (χ1) is 34.5. The summed E-state index contributed by atoms with van der Waals surface area (Å²) in [4.78, 5) is 0. The van der Waals surface area contributed by atoms with E-state index in [1.54, 1.807) is 0 Å². The van der Waals surface area contributed by atoms with Gasteiger partial charge in [-0.1, -0.05) is 220 Å². The van der Waals surface area contributed by atoms with Gasteiger partial charge in [0.25, 0.3) is 0 Å². The van der Waals surface area contributed by atoms with Crippen LogP contribution < -0.4 is 10.4 Å². The summed E-state index contributed by atoms with van der Waals surface area (Å²) in [5, 5.41) is 8.38. The Morgan fingerprint density at radius 2 is 0.871 bits per heavy atom. The van der Waals surface area contributed by atoms with Gasteiger partial charge in [0, 0.05) is 0 Å². The van der Waals surface area contributed by atoms with Crippen LogP contribution in [0.4, 0.5) is 0 Å². The number of benzene rings is 8. The first-order valence-corrected chi connectivity index (χ1v) is 32.4. The number of aryl methyl sites for hydroxylation is 4. The number of hydrogen-bond donors (Lipinski definition) is 0. The van der Waals surface area contributed by atoms with Crippen molar-refractivity contribution in [1.29, 1.82) is 0 Å². The van der Waals surface area contributed by atoms with Crippen molar-refractivity contribution in [3.63, 3.8) is 0 Å². The molecule has 2 radical (unpaired) electrons. The molecule has 0 unspecified atom stereocenters. The van der Waals surface area contributed by atoms with E-state index in [1.807, 2.05) is 6.07 Å². The van der Waals surface area contributed by atoms with Crippen molar-refractivity contribution in [3.05, 3.63) is 229 Å². The van der Waals surface area contributed by atoms with Gasteiger partial charge in [-0.15, -0.1) is 74.6 Å². The van der Waals surface area contributed by atoms with E-state index >= 15 is 0 Å². The molecular formula is C66H61Cl2SiZr-3. The molecule has 0 atom stereocenters. The summed E-state index contributed by atoms with van der Waals surface area (Å²) in [6, 6.07) is 76.3. The molecule has 1 aliphatic rings. The Kier molecular flexibility index (Phi) is 18.7. The first-order valence-electron chi connectivity index (χ1n) is 25.0. The van der Waals surface area contributed by atoms with E-state index in [0.717, 1.165) is 22.4 Å². The zero-order chi connectivity index (χ0) is 48.7. The molecule has 0 spiro atoms. The van der Waals surface area contributed by atoms with Crippen molar-refractivity contribution in [1.82, 2.24) is 0 Å². The van der Waals surface area contributed by atoms with Gasteiger partial charge < -0.3 is 0 Å². The predicted molar refractivity (Wildman–Crippen MR) is 304 cm³/mol. The number of hydrogen-bond acceptors (Lipinski definition) is 0. The maximum Gasteiger partial charge on any atom is 0.0920 e. The molecule has 350 valence electrons. The Morgan fingerprint density at radius 1 is 0.457 bits per heavy atom. The number of halogens is 2. The van der Waals surface area contributed by atoms with Crippen molar-refractivity contribution < 1.29 is 20.8 Å². The van der Waals surface area contributed by atoms with Crippen molar-refractivity contribution >= 4 is 58.5 Å². The molecule has 4 heteroatoms. The molecule has 11 rings (SSSR count). The van der Waals surface area contributed by atoms with Gasteiger partial charge in [-0.05, 0) is 59.1 Å². The first kappa shape index (κ1) is 51.0. The van der Waals surface area contributed by atoms with E-state index in [4.69, 9.17) is 17.0 Å². The second-order valence-corrected chi connectivity index (χ2v) is 22.9. The molecule has 0 bridgehead atoms. The summed E-state index contributed by atoms with van der Waals surface area (Å²) < 4.78 is 0. The maximum atomic E-state index is 4.93. The van der Waals surface area contributed by atoms with Gasteiger partial charge in [-0.25, -0.2) is 0 Å². The molecule has 0 nitrogen and oxygen atoms in total. The van der Waals surface area contributed by atoms with E-state index in [0.29, 0.717) is 0 Å². The van der Waals surface area contributed by atoms with E-state index in [2.05, 4.69) is 228 Å². The van der Waals surface area contributed by atoms with E-state index in [9.17, 15) is 0 Å². The molecule has 10 aromatic rings. The molecule has 70 heavy (non-hydrogen) atoms. The van der Waals surface area contributed by atoms with Gasteiger partial charge in [0.05, 0.1) is 9.52 Å². The Hall–Kier alpha value is -5.34. The Labute approximate surface area is 439 Å². The fourth-order valence-electron chi connectivity index (χ4n) is 9.92. The molecular weight excluding hydrogens is 983 g/mol. The summed E-state index contributed by atoms with van der Waals surface area (Å²) in [5.41, 5.74) is 19.3. The molecule has 0 aliphatic carbocycles. The molecule has 1 aliphatic heterocycles. The van der Waals surface area contributed by atoms with Gasteiger partial charge in [0.2, 0.25) is 0 Å². The maximum absolute atomic E-state index is 4.93. The van der Waals surface area contributed by atoms with Crippen LogP contribution in [0.2, 0.25) is 0 Å². The van der Waals surface area contributed by atoms with Crippen LogP contribution in [0.15, 0.2) is 200 Å². The third-order valence-electron chi connectivity index (χ3n) is 13.4.